The number of furan rings is 1. The van der Waals surface area contributed by atoms with Gasteiger partial charge in [-0.25, -0.2) is 0 Å². The van der Waals surface area contributed by atoms with Crippen molar-refractivity contribution in [2.45, 2.75) is 117 Å². The van der Waals surface area contributed by atoms with Gasteiger partial charge in [0.25, 0.3) is 0 Å². The van der Waals surface area contributed by atoms with Crippen LogP contribution in [-0.4, -0.2) is 7.28 Å². The number of nitrogens with one attached hydrogen (secondary N) is 1. The average molecular weight is 1080 g/mol. The molecule has 0 atom stereocenters. The number of benzene rings is 10. The van der Waals surface area contributed by atoms with Gasteiger partial charge < -0.3 is 19.5 Å². The molecule has 0 radical (unpaired) electrons. The Hall–Kier alpha value is -8.54. The number of nitrogens with zero attached hydrogens (tertiary/aromatic N) is 2. The van der Waals surface area contributed by atoms with Gasteiger partial charge in [0.1, 0.15) is 11.2 Å². The summed E-state index contributed by atoms with van der Waals surface area (Å²) in [5.74, 6) is 0. The summed E-state index contributed by atoms with van der Waals surface area (Å²) >= 11 is 0. The van der Waals surface area contributed by atoms with Crippen LogP contribution < -0.4 is 26.0 Å². The maximum absolute atomic E-state index is 6.74. The molecule has 1 N–H and O–H groups in total. The zero-order chi connectivity index (χ0) is 57.2. The van der Waals surface area contributed by atoms with Gasteiger partial charge in [-0.1, -0.05) is 182 Å². The topological polar surface area (TPSA) is 31.7 Å². The minimum atomic E-state index is 0.0183. The second kappa shape index (κ2) is 19.6. The number of para-hydroxylation sites is 1. The maximum atomic E-state index is 6.74. The summed E-state index contributed by atoms with van der Waals surface area (Å²) in [7, 11) is 0.723. The molecule has 0 bridgehead atoms. The molecule has 0 saturated carbocycles. The van der Waals surface area contributed by atoms with Gasteiger partial charge in [-0.3, -0.25) is 0 Å². The summed E-state index contributed by atoms with van der Waals surface area (Å²) in [5.41, 5.74) is 29.1. The van der Waals surface area contributed by atoms with E-state index in [0.717, 1.165) is 76.1 Å². The molecule has 0 spiro atoms. The monoisotopic (exact) mass is 1080 g/mol. The lowest BCUT2D eigenvalue weighted by molar-refractivity contribution is 0.332. The first-order valence-electron chi connectivity index (χ1n) is 30.1. The summed E-state index contributed by atoms with van der Waals surface area (Å²) in [4.78, 5) is 5.09. The van der Waals surface area contributed by atoms with Gasteiger partial charge in [0.05, 0.1) is 11.1 Å². The molecule has 11 aromatic rings. The van der Waals surface area contributed by atoms with E-state index >= 15 is 0 Å². The first-order chi connectivity index (χ1) is 39.9. The predicted octanol–water partition coefficient (Wildman–Crippen LogP) is 20.3. The van der Waals surface area contributed by atoms with Crippen LogP contribution in [0, 0.1) is 13.8 Å². The Morgan fingerprint density at radius 3 is 1.65 bits per heavy atom. The van der Waals surface area contributed by atoms with E-state index < -0.39 is 0 Å². The highest BCUT2D eigenvalue weighted by atomic mass is 16.3. The molecule has 4 nitrogen and oxygen atoms in total. The van der Waals surface area contributed by atoms with Crippen LogP contribution in [0.15, 0.2) is 211 Å². The molecule has 0 amide bonds. The molecule has 2 heterocycles. The van der Waals surface area contributed by atoms with Gasteiger partial charge in [0.15, 0.2) is 7.28 Å². The summed E-state index contributed by atoms with van der Waals surface area (Å²) in [6.45, 7) is 24.1. The highest BCUT2D eigenvalue weighted by Gasteiger charge is 2.40. The standard InChI is InChI=1S/C78H74BN3O/c1-49-41-61(59-33-36-71-72(60-29-17-18-30-70(60)83-71)74(59)80-55-31-34-62-64(46-55)77(7,8)38-37-75(62,3)4)73-69(42-49)82(68-48-65-63(43-50(68)2)76(5,6)39-40-78(65,9)10)67-35-32-58(47-66(67)79-73)81(56-27-19-25-53(44-56)51-21-13-11-14-22-51)57-28-20-26-54(45-57)52-23-15-12-16-24-52/h11-36,41-48,79-80H,37-40H2,1-10H3. The number of aryl methyl sites for hydroxylation is 2. The van der Waals surface area contributed by atoms with Gasteiger partial charge in [0, 0.05) is 50.8 Å². The molecule has 0 fully saturated rings. The van der Waals surface area contributed by atoms with E-state index in [4.69, 9.17) is 4.42 Å². The molecule has 10 aromatic carbocycles. The van der Waals surface area contributed by atoms with Crippen molar-refractivity contribution in [2.24, 2.45) is 0 Å². The van der Waals surface area contributed by atoms with Crippen molar-refractivity contribution >= 4 is 85.6 Å². The molecule has 3 aliphatic rings. The van der Waals surface area contributed by atoms with Crippen LogP contribution in [0.5, 0.6) is 0 Å². The van der Waals surface area contributed by atoms with E-state index in [2.05, 4.69) is 291 Å². The molecule has 5 heteroatoms. The first kappa shape index (κ1) is 52.5. The fraction of sp³-hybridized carbons (Fsp3) is 0.231. The lowest BCUT2D eigenvalue weighted by Crippen LogP contribution is -2.42. The summed E-state index contributed by atoms with van der Waals surface area (Å²) in [6.07, 6.45) is 4.63. The quantitative estimate of drug-likeness (QED) is 0.146. The Balaban J connectivity index is 1.01. The molecule has 83 heavy (non-hydrogen) atoms. The third kappa shape index (κ3) is 9.06. The van der Waals surface area contributed by atoms with E-state index in [0.29, 0.717) is 0 Å². The fourth-order valence-corrected chi connectivity index (χ4v) is 14.4. The highest BCUT2D eigenvalue weighted by molar-refractivity contribution is 6.73. The minimum Gasteiger partial charge on any atom is -0.456 e. The van der Waals surface area contributed by atoms with E-state index in [1.54, 1.807) is 0 Å². The summed E-state index contributed by atoms with van der Waals surface area (Å²) in [5, 5.41) is 6.37. The highest BCUT2D eigenvalue weighted by Crippen LogP contribution is 2.52. The Bertz CT molecular complexity index is 4290. The third-order valence-corrected chi connectivity index (χ3v) is 19.3. The molecular weight excluding hydrogens is 1010 g/mol. The van der Waals surface area contributed by atoms with Crippen LogP contribution in [0.25, 0.3) is 55.3 Å². The number of anilines is 8. The molecule has 2 aliphatic carbocycles. The van der Waals surface area contributed by atoms with E-state index in [1.165, 1.54) is 102 Å². The van der Waals surface area contributed by atoms with E-state index in [1.807, 2.05) is 0 Å². The Labute approximate surface area is 492 Å². The van der Waals surface area contributed by atoms with Crippen molar-refractivity contribution in [1.29, 1.82) is 0 Å². The van der Waals surface area contributed by atoms with Gasteiger partial charge in [0.2, 0.25) is 0 Å². The zero-order valence-corrected chi connectivity index (χ0v) is 50.0. The van der Waals surface area contributed by atoms with Gasteiger partial charge in [-0.15, -0.1) is 0 Å². The predicted molar refractivity (Wildman–Crippen MR) is 356 cm³/mol. The molecule has 14 rings (SSSR count). The third-order valence-electron chi connectivity index (χ3n) is 19.3. The maximum Gasteiger partial charge on any atom is 0.198 e. The van der Waals surface area contributed by atoms with Crippen molar-refractivity contribution in [3.8, 4) is 33.4 Å². The SMILES string of the molecule is Cc1cc(-c2ccc3oc4ccccc4c3c2Nc2ccc3c(c2)C(C)(C)CCC3(C)C)c2c(c1)N(c1cc3c(cc1C)C(C)(C)CCC3(C)C)c1ccc(N(c3cccc(-c4ccccc4)c3)c3cccc(-c4ccccc4)c3)cc1B2. The minimum absolute atomic E-state index is 0.0183. The van der Waals surface area contributed by atoms with Crippen LogP contribution in [0.3, 0.4) is 0 Å². The number of rotatable bonds is 9. The molecular formula is C78H74BN3O. The van der Waals surface area contributed by atoms with E-state index in [9.17, 15) is 0 Å². The average Bonchev–Trinajstić information content (AvgIpc) is 4.00. The molecule has 410 valence electrons. The summed E-state index contributed by atoms with van der Waals surface area (Å²) < 4.78 is 6.74. The van der Waals surface area contributed by atoms with Crippen LogP contribution >= 0.6 is 0 Å². The molecule has 1 aromatic heterocycles. The fourth-order valence-electron chi connectivity index (χ4n) is 14.4. The lowest BCUT2D eigenvalue weighted by atomic mass is 9.57. The number of hydrogen-bond donors (Lipinski definition) is 1. The zero-order valence-electron chi connectivity index (χ0n) is 50.0. The number of hydrogen-bond acceptors (Lipinski definition) is 4. The van der Waals surface area contributed by atoms with Crippen molar-refractivity contribution < 1.29 is 4.42 Å². The van der Waals surface area contributed by atoms with Gasteiger partial charge >= 0.3 is 0 Å². The van der Waals surface area contributed by atoms with Gasteiger partial charge in [-0.05, 0) is 213 Å². The second-order valence-electron chi connectivity index (χ2n) is 26.9. The van der Waals surface area contributed by atoms with Crippen LogP contribution in [0.1, 0.15) is 114 Å². The Morgan fingerprint density at radius 2 is 1.00 bits per heavy atom. The summed E-state index contributed by atoms with van der Waals surface area (Å²) in [6, 6.07) is 77.1. The lowest BCUT2D eigenvalue weighted by Gasteiger charge is -2.44. The van der Waals surface area contributed by atoms with Crippen molar-refractivity contribution in [1.82, 2.24) is 0 Å². The largest absolute Gasteiger partial charge is 0.456 e. The normalized spacial score (nSPS) is 16.1. The van der Waals surface area contributed by atoms with Crippen LogP contribution in [0.2, 0.25) is 0 Å². The van der Waals surface area contributed by atoms with Crippen LogP contribution in [0.4, 0.5) is 45.5 Å². The Morgan fingerprint density at radius 1 is 0.434 bits per heavy atom. The number of fused-ring (bicyclic) bond motifs is 7. The van der Waals surface area contributed by atoms with Crippen molar-refractivity contribution in [2.75, 3.05) is 15.1 Å². The smallest absolute Gasteiger partial charge is 0.198 e. The molecule has 0 saturated heterocycles. The second-order valence-corrected chi connectivity index (χ2v) is 26.9. The van der Waals surface area contributed by atoms with Crippen LogP contribution in [-0.2, 0) is 21.7 Å². The van der Waals surface area contributed by atoms with Crippen molar-refractivity contribution in [3.63, 3.8) is 0 Å². The first-order valence-corrected chi connectivity index (χ1v) is 30.1. The molecule has 1 aliphatic heterocycles. The van der Waals surface area contributed by atoms with Crippen molar-refractivity contribution in [3.05, 3.63) is 240 Å². The molecule has 0 unspecified atom stereocenters. The van der Waals surface area contributed by atoms with E-state index in [-0.39, 0.29) is 21.7 Å². The van der Waals surface area contributed by atoms with Gasteiger partial charge in [-0.2, -0.15) is 0 Å². The Kier molecular flexibility index (Phi) is 12.4.